The fourth-order valence-electron chi connectivity index (χ4n) is 3.04. The lowest BCUT2D eigenvalue weighted by Crippen LogP contribution is -2.52. The van der Waals surface area contributed by atoms with Gasteiger partial charge in [0.25, 0.3) is 0 Å². The van der Waals surface area contributed by atoms with Crippen molar-refractivity contribution >= 4 is 5.97 Å². The van der Waals surface area contributed by atoms with Gasteiger partial charge in [0.15, 0.2) is 0 Å². The Hall–Kier alpha value is -0.610. The maximum absolute atomic E-state index is 11.1. The average molecular weight is 256 g/mol. The van der Waals surface area contributed by atoms with Crippen LogP contribution < -0.4 is 5.73 Å². The van der Waals surface area contributed by atoms with Crippen LogP contribution >= 0.6 is 0 Å². The second-order valence-corrected chi connectivity index (χ2v) is 5.92. The molecule has 4 heteroatoms. The van der Waals surface area contributed by atoms with E-state index in [1.54, 1.807) is 6.92 Å². The van der Waals surface area contributed by atoms with Crippen molar-refractivity contribution in [2.24, 2.45) is 5.73 Å². The summed E-state index contributed by atoms with van der Waals surface area (Å²) < 4.78 is 0. The van der Waals surface area contributed by atoms with E-state index in [0.29, 0.717) is 12.5 Å². The van der Waals surface area contributed by atoms with Crippen LogP contribution in [0.4, 0.5) is 0 Å². The van der Waals surface area contributed by atoms with Gasteiger partial charge in [0.2, 0.25) is 0 Å². The molecule has 3 N–H and O–H groups in total. The Morgan fingerprint density at radius 3 is 2.72 bits per heavy atom. The molecule has 0 aromatic carbocycles. The van der Waals surface area contributed by atoms with Gasteiger partial charge in [0, 0.05) is 12.1 Å². The largest absolute Gasteiger partial charge is 0.480 e. The number of nitrogens with two attached hydrogens (primary N) is 1. The SMILES string of the molecule is CCC1CCCCCN1C(C)CC(C)(N)C(=O)O. The Morgan fingerprint density at radius 2 is 2.17 bits per heavy atom. The summed E-state index contributed by atoms with van der Waals surface area (Å²) in [6.07, 6.45) is 6.68. The van der Waals surface area contributed by atoms with Crippen LogP contribution in [-0.2, 0) is 4.79 Å². The molecule has 0 aromatic heterocycles. The molecule has 0 bridgehead atoms. The molecule has 0 spiro atoms. The van der Waals surface area contributed by atoms with E-state index in [4.69, 9.17) is 10.8 Å². The summed E-state index contributed by atoms with van der Waals surface area (Å²) >= 11 is 0. The summed E-state index contributed by atoms with van der Waals surface area (Å²) in [6.45, 7) is 7.02. The van der Waals surface area contributed by atoms with E-state index in [0.717, 1.165) is 13.0 Å². The van der Waals surface area contributed by atoms with Crippen LogP contribution in [0.1, 0.15) is 59.3 Å². The van der Waals surface area contributed by atoms with Gasteiger partial charge < -0.3 is 10.8 Å². The molecule has 0 amide bonds. The number of hydrogen-bond donors (Lipinski definition) is 2. The third-order valence-corrected chi connectivity index (χ3v) is 4.17. The quantitative estimate of drug-likeness (QED) is 0.791. The Labute approximate surface area is 111 Å². The average Bonchev–Trinajstić information content (AvgIpc) is 2.52. The minimum atomic E-state index is -1.12. The highest BCUT2D eigenvalue weighted by molar-refractivity contribution is 5.77. The third kappa shape index (κ3) is 3.95. The lowest BCUT2D eigenvalue weighted by atomic mass is 9.93. The highest BCUT2D eigenvalue weighted by Crippen LogP contribution is 2.24. The van der Waals surface area contributed by atoms with Crippen molar-refractivity contribution in [2.75, 3.05) is 6.54 Å². The molecule has 3 unspecified atom stereocenters. The molecule has 1 rings (SSSR count). The monoisotopic (exact) mass is 256 g/mol. The van der Waals surface area contributed by atoms with Gasteiger partial charge in [0.1, 0.15) is 5.54 Å². The topological polar surface area (TPSA) is 66.6 Å². The number of likely N-dealkylation sites (tertiary alicyclic amines) is 1. The molecule has 0 saturated carbocycles. The van der Waals surface area contributed by atoms with Gasteiger partial charge in [-0.3, -0.25) is 9.69 Å². The molecule has 106 valence electrons. The zero-order valence-corrected chi connectivity index (χ0v) is 12.0. The molecule has 3 atom stereocenters. The summed E-state index contributed by atoms with van der Waals surface area (Å²) in [4.78, 5) is 13.6. The van der Waals surface area contributed by atoms with Crippen molar-refractivity contribution in [1.29, 1.82) is 0 Å². The molecule has 0 radical (unpaired) electrons. The lowest BCUT2D eigenvalue weighted by Gasteiger charge is -2.37. The summed E-state index contributed by atoms with van der Waals surface area (Å²) in [6, 6.07) is 0.825. The van der Waals surface area contributed by atoms with Crippen molar-refractivity contribution in [3.8, 4) is 0 Å². The Bertz CT molecular complexity index is 279. The predicted octanol–water partition coefficient (Wildman–Crippen LogP) is 2.22. The number of carbonyl (C=O) groups is 1. The van der Waals surface area contributed by atoms with Crippen LogP contribution in [0.5, 0.6) is 0 Å². The van der Waals surface area contributed by atoms with Crippen molar-refractivity contribution in [3.63, 3.8) is 0 Å². The molecule has 1 heterocycles. The number of rotatable bonds is 5. The highest BCUT2D eigenvalue weighted by atomic mass is 16.4. The second-order valence-electron chi connectivity index (χ2n) is 5.92. The molecule has 1 aliphatic heterocycles. The summed E-state index contributed by atoms with van der Waals surface area (Å²) in [5.41, 5.74) is 4.75. The first-order valence-electron chi connectivity index (χ1n) is 7.16. The predicted molar refractivity (Wildman–Crippen MR) is 73.6 cm³/mol. The standard InChI is InChI=1S/C14H28N2O2/c1-4-12-8-6-5-7-9-16(12)11(2)10-14(3,15)13(17)18/h11-12H,4-10,15H2,1-3H3,(H,17,18). The number of carboxylic acid groups (broad SMARTS) is 1. The van der Waals surface area contributed by atoms with Crippen LogP contribution in [0.15, 0.2) is 0 Å². The Balaban J connectivity index is 2.67. The highest BCUT2D eigenvalue weighted by Gasteiger charge is 2.33. The molecule has 0 aliphatic carbocycles. The van der Waals surface area contributed by atoms with Gasteiger partial charge in [0.05, 0.1) is 0 Å². The Kier molecular flexibility index (Phi) is 5.60. The maximum atomic E-state index is 11.1. The van der Waals surface area contributed by atoms with E-state index in [9.17, 15) is 4.79 Å². The van der Waals surface area contributed by atoms with Crippen LogP contribution in [0.3, 0.4) is 0 Å². The minimum Gasteiger partial charge on any atom is -0.480 e. The van der Waals surface area contributed by atoms with Crippen molar-refractivity contribution < 1.29 is 9.90 Å². The summed E-state index contributed by atoms with van der Waals surface area (Å²) in [7, 11) is 0. The molecule has 4 nitrogen and oxygen atoms in total. The van der Waals surface area contributed by atoms with E-state index in [2.05, 4.69) is 18.7 Å². The van der Waals surface area contributed by atoms with E-state index in [1.807, 2.05) is 0 Å². The zero-order chi connectivity index (χ0) is 13.8. The first kappa shape index (κ1) is 15.4. The van der Waals surface area contributed by atoms with Gasteiger partial charge in [-0.15, -0.1) is 0 Å². The van der Waals surface area contributed by atoms with E-state index in [-0.39, 0.29) is 6.04 Å². The summed E-state index contributed by atoms with van der Waals surface area (Å²) in [5, 5.41) is 9.12. The fraction of sp³-hybridized carbons (Fsp3) is 0.929. The van der Waals surface area contributed by atoms with Crippen molar-refractivity contribution in [3.05, 3.63) is 0 Å². The first-order chi connectivity index (χ1) is 8.38. The molecule has 1 aliphatic rings. The van der Waals surface area contributed by atoms with E-state index in [1.165, 1.54) is 25.7 Å². The number of hydrogen-bond acceptors (Lipinski definition) is 3. The van der Waals surface area contributed by atoms with Gasteiger partial charge in [-0.2, -0.15) is 0 Å². The van der Waals surface area contributed by atoms with E-state index >= 15 is 0 Å². The van der Waals surface area contributed by atoms with Gasteiger partial charge >= 0.3 is 5.97 Å². The molecule has 0 aromatic rings. The zero-order valence-electron chi connectivity index (χ0n) is 12.0. The molecule has 1 fully saturated rings. The van der Waals surface area contributed by atoms with Crippen LogP contribution in [0.2, 0.25) is 0 Å². The third-order valence-electron chi connectivity index (χ3n) is 4.17. The number of carboxylic acids is 1. The van der Waals surface area contributed by atoms with Gasteiger partial charge in [-0.05, 0) is 46.1 Å². The smallest absolute Gasteiger partial charge is 0.323 e. The van der Waals surface area contributed by atoms with Gasteiger partial charge in [-0.1, -0.05) is 19.8 Å². The molecule has 1 saturated heterocycles. The minimum absolute atomic E-state index is 0.235. The second kappa shape index (κ2) is 6.53. The Morgan fingerprint density at radius 1 is 1.50 bits per heavy atom. The van der Waals surface area contributed by atoms with E-state index < -0.39 is 11.5 Å². The van der Waals surface area contributed by atoms with Crippen LogP contribution in [-0.4, -0.2) is 40.1 Å². The first-order valence-corrected chi connectivity index (χ1v) is 7.16. The molecular weight excluding hydrogens is 228 g/mol. The lowest BCUT2D eigenvalue weighted by molar-refractivity contribution is -0.143. The number of aliphatic carboxylic acids is 1. The van der Waals surface area contributed by atoms with Gasteiger partial charge in [-0.25, -0.2) is 0 Å². The molecular formula is C14H28N2O2. The van der Waals surface area contributed by atoms with Crippen molar-refractivity contribution in [1.82, 2.24) is 4.90 Å². The fourth-order valence-corrected chi connectivity index (χ4v) is 3.04. The maximum Gasteiger partial charge on any atom is 0.323 e. The van der Waals surface area contributed by atoms with Crippen molar-refractivity contribution in [2.45, 2.75) is 76.9 Å². The number of nitrogens with zero attached hydrogens (tertiary/aromatic N) is 1. The normalized spacial score (nSPS) is 27.2. The molecule has 18 heavy (non-hydrogen) atoms. The van der Waals surface area contributed by atoms with Crippen LogP contribution in [0.25, 0.3) is 0 Å². The van der Waals surface area contributed by atoms with Crippen LogP contribution in [0, 0.1) is 0 Å². The summed E-state index contributed by atoms with van der Waals surface area (Å²) in [5.74, 6) is -0.905.